The molecule has 3 nitrogen and oxygen atoms in total. The van der Waals surface area contributed by atoms with Crippen molar-refractivity contribution in [2.45, 2.75) is 58.4 Å². The third kappa shape index (κ3) is 7.28. The van der Waals surface area contributed by atoms with Crippen molar-refractivity contribution in [3.8, 4) is 0 Å². The first-order valence-electron chi connectivity index (χ1n) is 8.26. The molecule has 1 rings (SSSR count). The lowest BCUT2D eigenvalue weighted by Crippen LogP contribution is -2.39. The van der Waals surface area contributed by atoms with E-state index in [0.717, 1.165) is 44.7 Å². The van der Waals surface area contributed by atoms with Crippen LogP contribution in [0.2, 0.25) is 0 Å². The first-order valence-corrected chi connectivity index (χ1v) is 8.26. The highest BCUT2D eigenvalue weighted by Gasteiger charge is 2.22. The van der Waals surface area contributed by atoms with Crippen LogP contribution in [0.25, 0.3) is 0 Å². The minimum absolute atomic E-state index is 0.827. The average Bonchev–Trinajstić information content (AvgIpc) is 2.46. The summed E-state index contributed by atoms with van der Waals surface area (Å²) in [6.07, 6.45) is 8.18. The molecular formula is C16H34N2O. The second-order valence-electron chi connectivity index (χ2n) is 5.86. The zero-order valence-electron chi connectivity index (χ0n) is 13.3. The van der Waals surface area contributed by atoms with E-state index < -0.39 is 0 Å². The van der Waals surface area contributed by atoms with Crippen LogP contribution in [0.3, 0.4) is 0 Å². The summed E-state index contributed by atoms with van der Waals surface area (Å²) in [7, 11) is 2.29. The minimum atomic E-state index is 0.827. The molecule has 0 aromatic carbocycles. The molecule has 0 aromatic heterocycles. The van der Waals surface area contributed by atoms with Crippen LogP contribution < -0.4 is 5.32 Å². The Kier molecular flexibility index (Phi) is 9.48. The van der Waals surface area contributed by atoms with Crippen molar-refractivity contribution in [3.05, 3.63) is 0 Å². The van der Waals surface area contributed by atoms with Crippen LogP contribution >= 0.6 is 0 Å². The molecule has 0 spiro atoms. The Morgan fingerprint density at radius 1 is 1.11 bits per heavy atom. The normalized spacial score (nSPS) is 24.0. The van der Waals surface area contributed by atoms with Crippen LogP contribution in [0.1, 0.15) is 52.4 Å². The van der Waals surface area contributed by atoms with Gasteiger partial charge in [0.15, 0.2) is 0 Å². The van der Waals surface area contributed by atoms with Crippen molar-refractivity contribution in [3.63, 3.8) is 0 Å². The Bertz CT molecular complexity index is 203. The summed E-state index contributed by atoms with van der Waals surface area (Å²) in [6, 6.07) is 0.827. The Balaban J connectivity index is 1.97. The van der Waals surface area contributed by atoms with Crippen LogP contribution in [-0.2, 0) is 4.74 Å². The van der Waals surface area contributed by atoms with Gasteiger partial charge in [0.05, 0.1) is 0 Å². The molecule has 1 aliphatic carbocycles. The van der Waals surface area contributed by atoms with Gasteiger partial charge < -0.3 is 15.0 Å². The van der Waals surface area contributed by atoms with Crippen LogP contribution in [0.5, 0.6) is 0 Å². The standard InChI is InChI=1S/C16H34N2O/c1-4-15-7-9-16(10-8-15)18(3)13-12-17-11-6-14-19-5-2/h15-17H,4-14H2,1-3H3. The Hall–Kier alpha value is -0.120. The van der Waals surface area contributed by atoms with Gasteiger partial charge in [-0.15, -0.1) is 0 Å². The topological polar surface area (TPSA) is 24.5 Å². The van der Waals surface area contributed by atoms with E-state index in [1.54, 1.807) is 0 Å². The van der Waals surface area contributed by atoms with Crippen molar-refractivity contribution in [1.29, 1.82) is 0 Å². The molecule has 0 amide bonds. The van der Waals surface area contributed by atoms with Gasteiger partial charge >= 0.3 is 0 Å². The van der Waals surface area contributed by atoms with Gasteiger partial charge in [-0.1, -0.05) is 13.3 Å². The highest BCUT2D eigenvalue weighted by molar-refractivity contribution is 4.77. The number of ether oxygens (including phenoxy) is 1. The molecule has 3 heteroatoms. The lowest BCUT2D eigenvalue weighted by Gasteiger charge is -2.34. The molecule has 1 saturated carbocycles. The van der Waals surface area contributed by atoms with E-state index in [4.69, 9.17) is 4.74 Å². The van der Waals surface area contributed by atoms with Crippen molar-refractivity contribution in [2.75, 3.05) is 39.9 Å². The third-order valence-electron chi connectivity index (χ3n) is 4.50. The largest absolute Gasteiger partial charge is 0.382 e. The van der Waals surface area contributed by atoms with Crippen LogP contribution in [0.4, 0.5) is 0 Å². The molecule has 1 aliphatic rings. The van der Waals surface area contributed by atoms with E-state index in [9.17, 15) is 0 Å². The number of nitrogens with zero attached hydrogens (tertiary/aromatic N) is 1. The molecule has 114 valence electrons. The maximum atomic E-state index is 5.33. The van der Waals surface area contributed by atoms with Crippen LogP contribution in [0, 0.1) is 5.92 Å². The molecule has 0 heterocycles. The van der Waals surface area contributed by atoms with E-state index in [2.05, 4.69) is 31.1 Å². The molecule has 0 radical (unpaired) electrons. The lowest BCUT2D eigenvalue weighted by molar-refractivity contribution is 0.143. The van der Waals surface area contributed by atoms with E-state index >= 15 is 0 Å². The van der Waals surface area contributed by atoms with E-state index in [1.807, 2.05) is 0 Å². The molecule has 0 saturated heterocycles. The number of hydrogen-bond acceptors (Lipinski definition) is 3. The van der Waals surface area contributed by atoms with Crippen LogP contribution in [-0.4, -0.2) is 50.8 Å². The fourth-order valence-electron chi connectivity index (χ4n) is 3.00. The Morgan fingerprint density at radius 3 is 2.47 bits per heavy atom. The zero-order valence-corrected chi connectivity index (χ0v) is 13.3. The molecule has 1 fully saturated rings. The van der Waals surface area contributed by atoms with E-state index in [0.29, 0.717) is 0 Å². The van der Waals surface area contributed by atoms with Gasteiger partial charge in [-0.25, -0.2) is 0 Å². The highest BCUT2D eigenvalue weighted by Crippen LogP contribution is 2.28. The first-order chi connectivity index (χ1) is 9.27. The van der Waals surface area contributed by atoms with Crippen molar-refractivity contribution < 1.29 is 4.74 Å². The lowest BCUT2D eigenvalue weighted by atomic mass is 9.84. The summed E-state index contributed by atoms with van der Waals surface area (Å²) in [4.78, 5) is 2.56. The highest BCUT2D eigenvalue weighted by atomic mass is 16.5. The summed E-state index contributed by atoms with van der Waals surface area (Å²) in [6.45, 7) is 9.48. The quantitative estimate of drug-likeness (QED) is 0.618. The van der Waals surface area contributed by atoms with E-state index in [-0.39, 0.29) is 0 Å². The second kappa shape index (κ2) is 10.6. The Morgan fingerprint density at radius 2 is 1.84 bits per heavy atom. The maximum Gasteiger partial charge on any atom is 0.0477 e. The number of rotatable bonds is 10. The molecule has 0 aliphatic heterocycles. The molecule has 19 heavy (non-hydrogen) atoms. The van der Waals surface area contributed by atoms with Gasteiger partial charge in [0.2, 0.25) is 0 Å². The summed E-state index contributed by atoms with van der Waals surface area (Å²) in [5.74, 6) is 1.00. The smallest absolute Gasteiger partial charge is 0.0477 e. The predicted octanol–water partition coefficient (Wildman–Crippen LogP) is 2.90. The number of nitrogens with one attached hydrogen (secondary N) is 1. The molecule has 0 unspecified atom stereocenters. The summed E-state index contributed by atoms with van der Waals surface area (Å²) in [5.41, 5.74) is 0. The fraction of sp³-hybridized carbons (Fsp3) is 1.00. The number of hydrogen-bond donors (Lipinski definition) is 1. The average molecular weight is 270 g/mol. The second-order valence-corrected chi connectivity index (χ2v) is 5.86. The molecule has 0 bridgehead atoms. The summed E-state index contributed by atoms with van der Waals surface area (Å²) < 4.78 is 5.33. The monoisotopic (exact) mass is 270 g/mol. The summed E-state index contributed by atoms with van der Waals surface area (Å²) >= 11 is 0. The molecule has 1 N–H and O–H groups in total. The van der Waals surface area contributed by atoms with Gasteiger partial charge in [0, 0.05) is 32.3 Å². The van der Waals surface area contributed by atoms with Gasteiger partial charge in [0.1, 0.15) is 0 Å². The third-order valence-corrected chi connectivity index (χ3v) is 4.50. The summed E-state index contributed by atoms with van der Waals surface area (Å²) in [5, 5.41) is 3.51. The predicted molar refractivity (Wildman–Crippen MR) is 82.6 cm³/mol. The zero-order chi connectivity index (χ0) is 13.9. The molecule has 0 atom stereocenters. The van der Waals surface area contributed by atoms with Gasteiger partial charge in [-0.05, 0) is 58.5 Å². The Labute approximate surface area is 120 Å². The van der Waals surface area contributed by atoms with Crippen LogP contribution in [0.15, 0.2) is 0 Å². The molecular weight excluding hydrogens is 236 g/mol. The molecule has 0 aromatic rings. The van der Waals surface area contributed by atoms with Crippen molar-refractivity contribution in [1.82, 2.24) is 10.2 Å². The fourth-order valence-corrected chi connectivity index (χ4v) is 3.00. The van der Waals surface area contributed by atoms with Gasteiger partial charge in [-0.3, -0.25) is 0 Å². The van der Waals surface area contributed by atoms with Crippen molar-refractivity contribution >= 4 is 0 Å². The SMILES string of the molecule is CCOCCCNCCN(C)C1CCC(CC)CC1. The maximum absolute atomic E-state index is 5.33. The van der Waals surface area contributed by atoms with Gasteiger partial charge in [-0.2, -0.15) is 0 Å². The van der Waals surface area contributed by atoms with E-state index in [1.165, 1.54) is 38.6 Å². The minimum Gasteiger partial charge on any atom is -0.382 e. The van der Waals surface area contributed by atoms with Crippen molar-refractivity contribution in [2.24, 2.45) is 5.92 Å². The first kappa shape index (κ1) is 16.9. The van der Waals surface area contributed by atoms with Gasteiger partial charge in [0.25, 0.3) is 0 Å². The number of likely N-dealkylation sites (N-methyl/N-ethyl adjacent to an activating group) is 1.